The number of hydrogen-bond donors (Lipinski definition) is 3. The summed E-state index contributed by atoms with van der Waals surface area (Å²) < 4.78 is 0. The third-order valence-corrected chi connectivity index (χ3v) is 7.14. The standard InChI is InChI=1S/C31H33N7/c1-19-11-23(12-20(2)26(19)14-24-7-5-6-9-33-24)16-35-29-15-30(38-18-37-29)36-17-28-21(3)13-27-25(22(28)4)8-10-34-31(27)32/h5-13,15,18H,14,16-17H2,1-4H3,(H2,32,34)(H2,35,36,37,38). The van der Waals surface area contributed by atoms with Crippen LogP contribution in [0.3, 0.4) is 0 Å². The van der Waals surface area contributed by atoms with E-state index < -0.39 is 0 Å². The summed E-state index contributed by atoms with van der Waals surface area (Å²) in [5.74, 6) is 2.11. The van der Waals surface area contributed by atoms with Crippen molar-refractivity contribution in [2.45, 2.75) is 47.2 Å². The van der Waals surface area contributed by atoms with Crippen LogP contribution in [0.2, 0.25) is 0 Å². The van der Waals surface area contributed by atoms with Gasteiger partial charge in [-0.1, -0.05) is 18.2 Å². The lowest BCUT2D eigenvalue weighted by molar-refractivity contribution is 1.02. The Hall–Kier alpha value is -4.52. The molecule has 0 atom stereocenters. The summed E-state index contributed by atoms with van der Waals surface area (Å²) in [6.07, 6.45) is 6.04. The van der Waals surface area contributed by atoms with Crippen molar-refractivity contribution >= 4 is 28.2 Å². The molecule has 0 aliphatic carbocycles. The van der Waals surface area contributed by atoms with E-state index in [9.17, 15) is 0 Å². The lowest BCUT2D eigenvalue weighted by atomic mass is 9.95. The molecule has 0 aliphatic heterocycles. The average molecular weight is 504 g/mol. The van der Waals surface area contributed by atoms with Crippen molar-refractivity contribution in [1.29, 1.82) is 0 Å². The van der Waals surface area contributed by atoms with Gasteiger partial charge in [-0.15, -0.1) is 0 Å². The number of anilines is 3. The van der Waals surface area contributed by atoms with Crippen molar-refractivity contribution in [2.24, 2.45) is 0 Å². The zero-order chi connectivity index (χ0) is 26.6. The van der Waals surface area contributed by atoms with Crippen LogP contribution < -0.4 is 16.4 Å². The van der Waals surface area contributed by atoms with Crippen LogP contribution in [-0.2, 0) is 19.5 Å². The van der Waals surface area contributed by atoms with Gasteiger partial charge >= 0.3 is 0 Å². The average Bonchev–Trinajstić information content (AvgIpc) is 2.91. The van der Waals surface area contributed by atoms with Crippen LogP contribution in [-0.4, -0.2) is 19.9 Å². The smallest absolute Gasteiger partial charge is 0.131 e. The minimum absolute atomic E-state index is 0.563. The first-order chi connectivity index (χ1) is 18.4. The van der Waals surface area contributed by atoms with E-state index in [1.807, 2.05) is 30.5 Å². The van der Waals surface area contributed by atoms with Crippen molar-refractivity contribution in [2.75, 3.05) is 16.4 Å². The fourth-order valence-electron chi connectivity index (χ4n) is 5.07. The van der Waals surface area contributed by atoms with Crippen molar-refractivity contribution in [3.05, 3.63) is 112 Å². The molecule has 0 unspecified atom stereocenters. The van der Waals surface area contributed by atoms with Crippen molar-refractivity contribution in [3.63, 3.8) is 0 Å². The number of pyridine rings is 2. The van der Waals surface area contributed by atoms with Gasteiger partial charge in [0.15, 0.2) is 0 Å². The number of hydrogen-bond acceptors (Lipinski definition) is 7. The highest BCUT2D eigenvalue weighted by Gasteiger charge is 2.11. The first-order valence-electron chi connectivity index (χ1n) is 12.8. The van der Waals surface area contributed by atoms with Crippen LogP contribution >= 0.6 is 0 Å². The molecular formula is C31H33N7. The van der Waals surface area contributed by atoms with Gasteiger partial charge in [-0.3, -0.25) is 4.98 Å². The molecule has 0 fully saturated rings. The van der Waals surface area contributed by atoms with E-state index in [1.54, 1.807) is 12.5 Å². The SMILES string of the molecule is Cc1cc(CNc2cc(NCc3c(C)cc4c(N)nccc4c3C)ncn2)cc(C)c1Cc1ccccn1. The molecule has 3 heterocycles. The molecule has 0 bridgehead atoms. The third-order valence-electron chi connectivity index (χ3n) is 7.14. The highest BCUT2D eigenvalue weighted by molar-refractivity contribution is 5.94. The van der Waals surface area contributed by atoms with Crippen molar-refractivity contribution in [1.82, 2.24) is 19.9 Å². The van der Waals surface area contributed by atoms with Gasteiger partial charge in [0.05, 0.1) is 0 Å². The second kappa shape index (κ2) is 10.8. The number of aryl methyl sites for hydroxylation is 4. The summed E-state index contributed by atoms with van der Waals surface area (Å²) in [4.78, 5) is 17.6. The number of nitrogens with two attached hydrogens (primary N) is 1. The molecule has 5 rings (SSSR count). The number of nitrogens with one attached hydrogen (secondary N) is 2. The van der Waals surface area contributed by atoms with Crippen LogP contribution in [0.1, 0.15) is 44.6 Å². The molecule has 3 aromatic heterocycles. The van der Waals surface area contributed by atoms with Gasteiger partial charge in [0, 0.05) is 49.1 Å². The van der Waals surface area contributed by atoms with Crippen LogP contribution in [0.15, 0.2) is 67.3 Å². The van der Waals surface area contributed by atoms with E-state index in [0.29, 0.717) is 18.9 Å². The molecule has 2 aromatic carbocycles. The molecule has 0 aliphatic rings. The molecule has 0 amide bonds. The Morgan fingerprint density at radius 3 is 2.11 bits per heavy atom. The molecule has 192 valence electrons. The number of aromatic nitrogens is 4. The molecule has 0 spiro atoms. The molecule has 0 saturated carbocycles. The van der Waals surface area contributed by atoms with E-state index >= 15 is 0 Å². The Kier molecular flexibility index (Phi) is 7.18. The largest absolute Gasteiger partial charge is 0.383 e. The summed E-state index contributed by atoms with van der Waals surface area (Å²) >= 11 is 0. The van der Waals surface area contributed by atoms with Gasteiger partial charge in [0.2, 0.25) is 0 Å². The third kappa shape index (κ3) is 5.42. The Balaban J connectivity index is 1.26. The molecule has 5 aromatic rings. The summed E-state index contributed by atoms with van der Waals surface area (Å²) in [6, 6.07) is 16.6. The lowest BCUT2D eigenvalue weighted by Gasteiger charge is -2.16. The van der Waals surface area contributed by atoms with Crippen LogP contribution in [0, 0.1) is 27.7 Å². The Labute approximate surface area is 223 Å². The van der Waals surface area contributed by atoms with E-state index in [1.165, 1.54) is 38.9 Å². The van der Waals surface area contributed by atoms with Crippen molar-refractivity contribution < 1.29 is 0 Å². The predicted molar refractivity (Wildman–Crippen MR) is 155 cm³/mol. The van der Waals surface area contributed by atoms with E-state index in [-0.39, 0.29) is 0 Å². The van der Waals surface area contributed by atoms with Gasteiger partial charge in [-0.25, -0.2) is 15.0 Å². The Morgan fingerprint density at radius 1 is 0.684 bits per heavy atom. The fourth-order valence-corrected chi connectivity index (χ4v) is 5.07. The highest BCUT2D eigenvalue weighted by Crippen LogP contribution is 2.28. The summed E-state index contributed by atoms with van der Waals surface area (Å²) in [7, 11) is 0. The second-order valence-electron chi connectivity index (χ2n) is 9.79. The maximum atomic E-state index is 6.10. The number of rotatable bonds is 8. The minimum atomic E-state index is 0.563. The van der Waals surface area contributed by atoms with Gasteiger partial charge in [-0.05, 0) is 96.3 Å². The first kappa shape index (κ1) is 25.1. The second-order valence-corrected chi connectivity index (χ2v) is 9.79. The summed E-state index contributed by atoms with van der Waals surface area (Å²) in [5, 5.41) is 9.04. The van der Waals surface area contributed by atoms with Crippen LogP contribution in [0.4, 0.5) is 17.5 Å². The van der Waals surface area contributed by atoms with E-state index in [2.05, 4.69) is 82.5 Å². The topological polar surface area (TPSA) is 102 Å². The number of nitrogen functional groups attached to an aromatic ring is 1. The molecule has 7 heteroatoms. The summed E-state index contributed by atoms with van der Waals surface area (Å²) in [6.45, 7) is 9.91. The van der Waals surface area contributed by atoms with Crippen LogP contribution in [0.25, 0.3) is 10.8 Å². The monoisotopic (exact) mass is 503 g/mol. The molecule has 38 heavy (non-hydrogen) atoms. The fraction of sp³-hybridized carbons (Fsp3) is 0.226. The van der Waals surface area contributed by atoms with Crippen molar-refractivity contribution in [3.8, 4) is 0 Å². The summed E-state index contributed by atoms with van der Waals surface area (Å²) in [5.41, 5.74) is 15.9. The minimum Gasteiger partial charge on any atom is -0.383 e. The predicted octanol–water partition coefficient (Wildman–Crippen LogP) is 6.05. The number of benzene rings is 2. The lowest BCUT2D eigenvalue weighted by Crippen LogP contribution is -2.08. The zero-order valence-electron chi connectivity index (χ0n) is 22.3. The van der Waals surface area contributed by atoms with E-state index in [4.69, 9.17) is 5.73 Å². The molecule has 4 N–H and O–H groups in total. The van der Waals surface area contributed by atoms with Gasteiger partial charge in [0.25, 0.3) is 0 Å². The first-order valence-corrected chi connectivity index (χ1v) is 12.8. The molecule has 0 saturated heterocycles. The number of fused-ring (bicyclic) bond motifs is 1. The molecule has 7 nitrogen and oxygen atoms in total. The zero-order valence-corrected chi connectivity index (χ0v) is 22.3. The molecule has 0 radical (unpaired) electrons. The number of nitrogens with zero attached hydrogens (tertiary/aromatic N) is 4. The normalized spacial score (nSPS) is 11.1. The maximum absolute atomic E-state index is 6.10. The highest BCUT2D eigenvalue weighted by atomic mass is 15.1. The van der Waals surface area contributed by atoms with Gasteiger partial charge in [-0.2, -0.15) is 0 Å². The molecular weight excluding hydrogens is 470 g/mol. The quantitative estimate of drug-likeness (QED) is 0.237. The van der Waals surface area contributed by atoms with Gasteiger partial charge < -0.3 is 16.4 Å². The van der Waals surface area contributed by atoms with Gasteiger partial charge in [0.1, 0.15) is 23.8 Å². The Bertz CT molecular complexity index is 1570. The maximum Gasteiger partial charge on any atom is 0.131 e. The van der Waals surface area contributed by atoms with Crippen LogP contribution in [0.5, 0.6) is 0 Å². The van der Waals surface area contributed by atoms with E-state index in [0.717, 1.165) is 34.5 Å². The Morgan fingerprint density at radius 2 is 1.39 bits per heavy atom.